The summed E-state index contributed by atoms with van der Waals surface area (Å²) in [6, 6.07) is 1.07. The van der Waals surface area contributed by atoms with Crippen LogP contribution in [0.25, 0.3) is 0 Å². The molecule has 0 fully saturated rings. The number of aliphatic carboxylic acids is 1. The maximum absolute atomic E-state index is 10.6. The molecule has 0 aliphatic heterocycles. The minimum atomic E-state index is -0.937. The fourth-order valence-electron chi connectivity index (χ4n) is 0.952. The number of carbonyl (C=O) groups is 1. The Morgan fingerprint density at radius 2 is 2.36 bits per heavy atom. The van der Waals surface area contributed by atoms with Crippen molar-refractivity contribution in [3.63, 3.8) is 0 Å². The van der Waals surface area contributed by atoms with Crippen LogP contribution in [-0.2, 0) is 4.79 Å². The molecule has 1 atom stereocenters. The van der Waals surface area contributed by atoms with Gasteiger partial charge in [0.2, 0.25) is 0 Å². The Hall–Kier alpha value is -1.78. The van der Waals surface area contributed by atoms with Gasteiger partial charge in [-0.05, 0) is 25.5 Å². The third kappa shape index (κ3) is 2.12. The predicted molar refractivity (Wildman–Crippen MR) is 54.1 cm³/mol. The highest BCUT2D eigenvalue weighted by Crippen LogP contribution is 2.19. The molecule has 0 saturated heterocycles. The molecule has 0 amide bonds. The summed E-state index contributed by atoms with van der Waals surface area (Å²) in [6.07, 6.45) is 1.59. The molecule has 5 heteroatoms. The van der Waals surface area contributed by atoms with Gasteiger partial charge in [-0.25, -0.2) is 4.98 Å². The van der Waals surface area contributed by atoms with Gasteiger partial charge in [-0.15, -0.1) is 0 Å². The van der Waals surface area contributed by atoms with Gasteiger partial charge >= 0.3 is 5.97 Å². The third-order valence-corrected chi connectivity index (χ3v) is 1.93. The van der Waals surface area contributed by atoms with E-state index in [0.717, 1.165) is 5.56 Å². The molecule has 0 bridgehead atoms. The number of pyridine rings is 1. The van der Waals surface area contributed by atoms with Gasteiger partial charge in [0, 0.05) is 6.20 Å². The van der Waals surface area contributed by atoms with Crippen molar-refractivity contribution in [3.05, 3.63) is 17.8 Å². The monoisotopic (exact) mass is 195 g/mol. The van der Waals surface area contributed by atoms with Crippen LogP contribution < -0.4 is 11.1 Å². The van der Waals surface area contributed by atoms with Crippen LogP contribution in [0.4, 0.5) is 11.5 Å². The van der Waals surface area contributed by atoms with Gasteiger partial charge in [0.25, 0.3) is 0 Å². The smallest absolute Gasteiger partial charge is 0.325 e. The van der Waals surface area contributed by atoms with Gasteiger partial charge < -0.3 is 16.2 Å². The molecule has 0 aliphatic carbocycles. The lowest BCUT2D eigenvalue weighted by Gasteiger charge is -2.12. The number of aromatic nitrogens is 1. The van der Waals surface area contributed by atoms with E-state index >= 15 is 0 Å². The molecule has 1 aromatic rings. The maximum Gasteiger partial charge on any atom is 0.325 e. The third-order valence-electron chi connectivity index (χ3n) is 1.93. The van der Waals surface area contributed by atoms with Gasteiger partial charge in [0.15, 0.2) is 0 Å². The average molecular weight is 195 g/mol. The molecule has 0 aromatic carbocycles. The van der Waals surface area contributed by atoms with E-state index in [1.807, 2.05) is 6.92 Å². The molecule has 1 heterocycles. The SMILES string of the molecule is Cc1ccnc(NC(C)C(=O)O)c1N. The molecule has 1 rings (SSSR count). The van der Waals surface area contributed by atoms with Crippen molar-refractivity contribution in [1.82, 2.24) is 4.98 Å². The molecule has 4 N–H and O–H groups in total. The van der Waals surface area contributed by atoms with Crippen LogP contribution in [0.2, 0.25) is 0 Å². The molecule has 1 aromatic heterocycles. The van der Waals surface area contributed by atoms with E-state index < -0.39 is 12.0 Å². The average Bonchev–Trinajstić information content (AvgIpc) is 2.12. The minimum Gasteiger partial charge on any atom is -0.480 e. The number of aryl methyl sites for hydroxylation is 1. The van der Waals surface area contributed by atoms with E-state index in [-0.39, 0.29) is 0 Å². The minimum absolute atomic E-state index is 0.417. The van der Waals surface area contributed by atoms with Crippen LogP contribution in [0.3, 0.4) is 0 Å². The number of hydrogen-bond acceptors (Lipinski definition) is 4. The predicted octanol–water partition coefficient (Wildman–Crippen LogP) is 0.857. The zero-order valence-electron chi connectivity index (χ0n) is 8.11. The van der Waals surface area contributed by atoms with Crippen LogP contribution in [0, 0.1) is 6.92 Å². The standard InChI is InChI=1S/C9H13N3O2/c1-5-3-4-11-8(7(5)10)12-6(2)9(13)14/h3-4,6H,10H2,1-2H3,(H,11,12)(H,13,14). The van der Waals surface area contributed by atoms with Crippen molar-refractivity contribution in [2.45, 2.75) is 19.9 Å². The van der Waals surface area contributed by atoms with Gasteiger partial charge in [-0.1, -0.05) is 0 Å². The Balaban J connectivity index is 2.87. The van der Waals surface area contributed by atoms with Crippen LogP contribution in [0.5, 0.6) is 0 Å². The van der Waals surface area contributed by atoms with Crippen molar-refractivity contribution in [1.29, 1.82) is 0 Å². The lowest BCUT2D eigenvalue weighted by molar-refractivity contribution is -0.137. The van der Waals surface area contributed by atoms with Crippen LogP contribution in [-0.4, -0.2) is 22.1 Å². The second-order valence-electron chi connectivity index (χ2n) is 3.09. The Kier molecular flexibility index (Phi) is 2.91. The van der Waals surface area contributed by atoms with Crippen LogP contribution in [0.1, 0.15) is 12.5 Å². The normalized spacial score (nSPS) is 12.1. The van der Waals surface area contributed by atoms with Crippen molar-refractivity contribution in [2.75, 3.05) is 11.1 Å². The van der Waals surface area contributed by atoms with E-state index in [9.17, 15) is 4.79 Å². The summed E-state index contributed by atoms with van der Waals surface area (Å²) in [5, 5.41) is 11.4. The molecule has 5 nitrogen and oxygen atoms in total. The maximum atomic E-state index is 10.6. The quantitative estimate of drug-likeness (QED) is 0.665. The molecule has 1 unspecified atom stereocenters. The fraction of sp³-hybridized carbons (Fsp3) is 0.333. The Labute approximate surface area is 82.0 Å². The highest BCUT2D eigenvalue weighted by molar-refractivity contribution is 5.78. The first-order valence-electron chi connectivity index (χ1n) is 4.22. The van der Waals surface area contributed by atoms with Crippen LogP contribution in [0.15, 0.2) is 12.3 Å². The second-order valence-corrected chi connectivity index (χ2v) is 3.09. The molecule has 0 aliphatic rings. The topological polar surface area (TPSA) is 88.2 Å². The molecule has 14 heavy (non-hydrogen) atoms. The number of carboxylic acids is 1. The molecular weight excluding hydrogens is 182 g/mol. The summed E-state index contributed by atoms with van der Waals surface area (Å²) >= 11 is 0. The van der Waals surface area contributed by atoms with E-state index in [4.69, 9.17) is 10.8 Å². The molecule has 0 saturated carbocycles. The summed E-state index contributed by atoms with van der Waals surface area (Å²) < 4.78 is 0. The largest absolute Gasteiger partial charge is 0.480 e. The first kappa shape index (κ1) is 10.3. The Bertz CT molecular complexity index is 352. The summed E-state index contributed by atoms with van der Waals surface area (Å²) in [4.78, 5) is 14.5. The van der Waals surface area contributed by atoms with E-state index in [0.29, 0.717) is 11.5 Å². The number of nitrogen functional groups attached to an aromatic ring is 1. The van der Waals surface area contributed by atoms with Crippen molar-refractivity contribution >= 4 is 17.5 Å². The number of carboxylic acid groups (broad SMARTS) is 1. The number of rotatable bonds is 3. The number of nitrogens with two attached hydrogens (primary N) is 1. The Morgan fingerprint density at radius 1 is 1.71 bits per heavy atom. The number of hydrogen-bond donors (Lipinski definition) is 3. The highest BCUT2D eigenvalue weighted by Gasteiger charge is 2.12. The van der Waals surface area contributed by atoms with E-state index in [1.165, 1.54) is 6.92 Å². The van der Waals surface area contributed by atoms with Crippen molar-refractivity contribution < 1.29 is 9.90 Å². The molecule has 0 radical (unpaired) electrons. The number of anilines is 2. The lowest BCUT2D eigenvalue weighted by Crippen LogP contribution is -2.26. The number of nitrogens with one attached hydrogen (secondary N) is 1. The van der Waals surface area contributed by atoms with Gasteiger partial charge in [0.1, 0.15) is 11.9 Å². The summed E-state index contributed by atoms with van der Waals surface area (Å²) in [7, 11) is 0. The van der Waals surface area contributed by atoms with Gasteiger partial charge in [0.05, 0.1) is 5.69 Å². The van der Waals surface area contributed by atoms with Gasteiger partial charge in [-0.3, -0.25) is 4.79 Å². The zero-order chi connectivity index (χ0) is 10.7. The van der Waals surface area contributed by atoms with E-state index in [1.54, 1.807) is 12.3 Å². The summed E-state index contributed by atoms with van der Waals surface area (Å²) in [5.74, 6) is -0.521. The van der Waals surface area contributed by atoms with Crippen molar-refractivity contribution in [3.8, 4) is 0 Å². The first-order chi connectivity index (χ1) is 6.52. The summed E-state index contributed by atoms with van der Waals surface area (Å²) in [6.45, 7) is 3.37. The van der Waals surface area contributed by atoms with Crippen molar-refractivity contribution in [2.24, 2.45) is 0 Å². The molecule has 76 valence electrons. The highest BCUT2D eigenvalue weighted by atomic mass is 16.4. The fourth-order valence-corrected chi connectivity index (χ4v) is 0.952. The van der Waals surface area contributed by atoms with Gasteiger partial charge in [-0.2, -0.15) is 0 Å². The molecular formula is C9H13N3O2. The Morgan fingerprint density at radius 3 is 2.93 bits per heavy atom. The summed E-state index contributed by atoms with van der Waals surface area (Å²) in [5.41, 5.74) is 7.07. The van der Waals surface area contributed by atoms with E-state index in [2.05, 4.69) is 10.3 Å². The molecule has 0 spiro atoms. The number of nitrogens with zero attached hydrogens (tertiary/aromatic N) is 1. The second kappa shape index (κ2) is 3.95. The van der Waals surface area contributed by atoms with Crippen LogP contribution >= 0.6 is 0 Å². The lowest BCUT2D eigenvalue weighted by atomic mass is 10.2. The first-order valence-corrected chi connectivity index (χ1v) is 4.22. The zero-order valence-corrected chi connectivity index (χ0v) is 8.11.